The molecular weight excluding hydrogens is 318 g/mol. The molecule has 0 fully saturated rings. The van der Waals surface area contributed by atoms with Crippen LogP contribution in [0.4, 0.5) is 5.00 Å². The highest BCUT2D eigenvalue weighted by atomic mass is 32.2. The first-order chi connectivity index (χ1) is 9.81. The van der Waals surface area contributed by atoms with Crippen LogP contribution in [0.2, 0.25) is 0 Å². The normalized spacial score (nSPS) is 11.0. The first-order valence-corrected chi connectivity index (χ1v) is 7.77. The standard InChI is InChI=1S/C11H9N3O5S2/c12-9(15)7-3-4-20-10(7)14-21(18,19)8-2-1-6(5-13-8)11(16)17/h1-5,14H,(H2,12,15)(H,16,17). The van der Waals surface area contributed by atoms with Gasteiger partial charge in [-0.1, -0.05) is 0 Å². The Morgan fingerprint density at radius 1 is 1.29 bits per heavy atom. The van der Waals surface area contributed by atoms with Crippen molar-refractivity contribution >= 4 is 38.2 Å². The second kappa shape index (κ2) is 5.50. The summed E-state index contributed by atoms with van der Waals surface area (Å²) in [5, 5.41) is 9.95. The molecule has 0 unspecified atom stereocenters. The van der Waals surface area contributed by atoms with E-state index in [2.05, 4.69) is 9.71 Å². The lowest BCUT2D eigenvalue weighted by molar-refractivity contribution is 0.0696. The second-order valence-electron chi connectivity index (χ2n) is 3.82. The van der Waals surface area contributed by atoms with Crippen molar-refractivity contribution < 1.29 is 23.1 Å². The van der Waals surface area contributed by atoms with Crippen LogP contribution in [0.15, 0.2) is 34.8 Å². The predicted molar refractivity (Wildman–Crippen MR) is 74.8 cm³/mol. The minimum Gasteiger partial charge on any atom is -0.478 e. The number of hydrogen-bond acceptors (Lipinski definition) is 6. The van der Waals surface area contributed by atoms with Crippen molar-refractivity contribution in [3.8, 4) is 0 Å². The molecule has 2 heterocycles. The van der Waals surface area contributed by atoms with Gasteiger partial charge in [-0.15, -0.1) is 11.3 Å². The number of carboxylic acids is 1. The van der Waals surface area contributed by atoms with Crippen LogP contribution in [0.3, 0.4) is 0 Å². The molecule has 0 aromatic carbocycles. The molecule has 0 aliphatic carbocycles. The number of carbonyl (C=O) groups is 2. The summed E-state index contributed by atoms with van der Waals surface area (Å²) < 4.78 is 26.4. The Hall–Kier alpha value is -2.46. The summed E-state index contributed by atoms with van der Waals surface area (Å²) in [5.41, 5.74) is 5.03. The number of pyridine rings is 1. The van der Waals surface area contributed by atoms with Gasteiger partial charge in [-0.05, 0) is 23.6 Å². The van der Waals surface area contributed by atoms with E-state index in [1.807, 2.05) is 0 Å². The van der Waals surface area contributed by atoms with E-state index >= 15 is 0 Å². The molecule has 0 spiro atoms. The summed E-state index contributed by atoms with van der Waals surface area (Å²) in [6.45, 7) is 0. The highest BCUT2D eigenvalue weighted by molar-refractivity contribution is 7.92. The van der Waals surface area contributed by atoms with Gasteiger partial charge in [0.1, 0.15) is 5.00 Å². The van der Waals surface area contributed by atoms with Gasteiger partial charge in [-0.25, -0.2) is 9.78 Å². The van der Waals surface area contributed by atoms with Gasteiger partial charge in [0, 0.05) is 6.20 Å². The van der Waals surface area contributed by atoms with Crippen LogP contribution in [0.5, 0.6) is 0 Å². The number of nitrogens with zero attached hydrogens (tertiary/aromatic N) is 1. The lowest BCUT2D eigenvalue weighted by Gasteiger charge is -2.06. The van der Waals surface area contributed by atoms with Gasteiger partial charge in [0.2, 0.25) is 0 Å². The van der Waals surface area contributed by atoms with Gasteiger partial charge in [-0.3, -0.25) is 9.52 Å². The molecule has 8 nitrogen and oxygen atoms in total. The van der Waals surface area contributed by atoms with Crippen LogP contribution >= 0.6 is 11.3 Å². The number of aromatic carboxylic acids is 1. The molecule has 0 atom stereocenters. The van der Waals surface area contributed by atoms with E-state index in [1.165, 1.54) is 11.4 Å². The summed E-state index contributed by atoms with van der Waals surface area (Å²) in [6.07, 6.45) is 0.931. The van der Waals surface area contributed by atoms with E-state index in [9.17, 15) is 18.0 Å². The molecule has 0 aliphatic heterocycles. The Kier molecular flexibility index (Phi) is 3.91. The number of sulfonamides is 1. The number of carboxylic acid groups (broad SMARTS) is 1. The summed E-state index contributed by atoms with van der Waals surface area (Å²) >= 11 is 0.994. The average molecular weight is 327 g/mol. The monoisotopic (exact) mass is 327 g/mol. The van der Waals surface area contributed by atoms with Crippen LogP contribution in [-0.2, 0) is 10.0 Å². The second-order valence-corrected chi connectivity index (χ2v) is 6.37. The fourth-order valence-corrected chi connectivity index (χ4v) is 3.48. The Morgan fingerprint density at radius 3 is 2.52 bits per heavy atom. The largest absolute Gasteiger partial charge is 0.478 e. The number of thiophene rings is 1. The fourth-order valence-electron chi connectivity index (χ4n) is 1.42. The Morgan fingerprint density at radius 2 is 2.00 bits per heavy atom. The van der Waals surface area contributed by atoms with Crippen molar-refractivity contribution in [3.63, 3.8) is 0 Å². The van der Waals surface area contributed by atoms with Crippen LogP contribution in [-0.4, -0.2) is 30.4 Å². The molecule has 4 N–H and O–H groups in total. The maximum absolute atomic E-state index is 12.1. The average Bonchev–Trinajstić information content (AvgIpc) is 2.86. The van der Waals surface area contributed by atoms with E-state index in [-0.39, 0.29) is 21.2 Å². The van der Waals surface area contributed by atoms with Crippen molar-refractivity contribution in [1.82, 2.24) is 4.98 Å². The number of anilines is 1. The number of hydrogen-bond donors (Lipinski definition) is 3. The number of carbonyl (C=O) groups excluding carboxylic acids is 1. The van der Waals surface area contributed by atoms with Crippen LogP contribution in [0, 0.1) is 0 Å². The zero-order valence-corrected chi connectivity index (χ0v) is 11.9. The van der Waals surface area contributed by atoms with Gasteiger partial charge in [0.15, 0.2) is 5.03 Å². The number of amides is 1. The summed E-state index contributed by atoms with van der Waals surface area (Å²) in [4.78, 5) is 25.4. The van der Waals surface area contributed by atoms with E-state index in [4.69, 9.17) is 10.8 Å². The molecule has 1 amide bonds. The summed E-state index contributed by atoms with van der Waals surface area (Å²) in [7, 11) is -4.03. The molecule has 2 rings (SSSR count). The van der Waals surface area contributed by atoms with Crippen molar-refractivity contribution in [3.05, 3.63) is 40.9 Å². The van der Waals surface area contributed by atoms with Crippen molar-refractivity contribution in [2.24, 2.45) is 5.73 Å². The molecule has 0 saturated heterocycles. The van der Waals surface area contributed by atoms with Crippen LogP contribution in [0.1, 0.15) is 20.7 Å². The number of aromatic nitrogens is 1. The Bertz CT molecular complexity index is 796. The fraction of sp³-hybridized carbons (Fsp3) is 0. The molecule has 0 radical (unpaired) electrons. The maximum Gasteiger partial charge on any atom is 0.337 e. The third-order valence-electron chi connectivity index (χ3n) is 2.42. The predicted octanol–water partition coefficient (Wildman–Crippen LogP) is 0.741. The minimum absolute atomic E-state index is 0.0470. The zero-order valence-electron chi connectivity index (χ0n) is 10.3. The van der Waals surface area contributed by atoms with E-state index in [0.29, 0.717) is 0 Å². The van der Waals surface area contributed by atoms with Crippen LogP contribution < -0.4 is 10.5 Å². The first-order valence-electron chi connectivity index (χ1n) is 5.41. The molecule has 10 heteroatoms. The Balaban J connectivity index is 2.32. The highest BCUT2D eigenvalue weighted by Gasteiger charge is 2.20. The first kappa shape index (κ1) is 14.9. The van der Waals surface area contributed by atoms with Crippen LogP contribution in [0.25, 0.3) is 0 Å². The summed E-state index contributed by atoms with van der Waals surface area (Å²) in [5.74, 6) is -1.98. The molecule has 21 heavy (non-hydrogen) atoms. The molecule has 110 valence electrons. The topological polar surface area (TPSA) is 139 Å². The van der Waals surface area contributed by atoms with E-state index in [1.54, 1.807) is 0 Å². The minimum atomic E-state index is -4.03. The number of nitrogens with two attached hydrogens (primary N) is 1. The lowest BCUT2D eigenvalue weighted by atomic mass is 10.3. The third kappa shape index (κ3) is 3.17. The quantitative estimate of drug-likeness (QED) is 0.740. The Labute approximate surface area is 123 Å². The molecule has 0 saturated carbocycles. The van der Waals surface area contributed by atoms with Gasteiger partial charge in [0.05, 0.1) is 11.1 Å². The number of rotatable bonds is 5. The maximum atomic E-state index is 12.1. The third-order valence-corrected chi connectivity index (χ3v) is 4.64. The van der Waals surface area contributed by atoms with Crippen molar-refractivity contribution in [2.75, 3.05) is 4.72 Å². The summed E-state index contributed by atoms with van der Waals surface area (Å²) in [6, 6.07) is 3.57. The molecule has 0 aliphatic rings. The molecule has 2 aromatic rings. The number of nitrogens with one attached hydrogen (secondary N) is 1. The van der Waals surface area contributed by atoms with E-state index < -0.39 is 21.9 Å². The highest BCUT2D eigenvalue weighted by Crippen LogP contribution is 2.25. The molecular formula is C11H9N3O5S2. The van der Waals surface area contributed by atoms with Crippen molar-refractivity contribution in [2.45, 2.75) is 5.03 Å². The molecule has 2 aromatic heterocycles. The lowest BCUT2D eigenvalue weighted by Crippen LogP contribution is -2.18. The molecule has 0 bridgehead atoms. The van der Waals surface area contributed by atoms with Gasteiger partial charge in [-0.2, -0.15) is 8.42 Å². The van der Waals surface area contributed by atoms with Gasteiger partial charge < -0.3 is 10.8 Å². The van der Waals surface area contributed by atoms with Gasteiger partial charge >= 0.3 is 5.97 Å². The SMILES string of the molecule is NC(=O)c1ccsc1NS(=O)(=O)c1ccc(C(=O)O)cn1. The zero-order chi connectivity index (χ0) is 15.6. The van der Waals surface area contributed by atoms with E-state index in [0.717, 1.165) is 29.7 Å². The smallest absolute Gasteiger partial charge is 0.337 e. The van der Waals surface area contributed by atoms with Crippen molar-refractivity contribution in [1.29, 1.82) is 0 Å². The van der Waals surface area contributed by atoms with Gasteiger partial charge in [0.25, 0.3) is 15.9 Å². The number of primary amides is 1.